The van der Waals surface area contributed by atoms with E-state index >= 15 is 0 Å². The van der Waals surface area contributed by atoms with Crippen LogP contribution in [0.25, 0.3) is 0 Å². The van der Waals surface area contributed by atoms with Crippen LogP contribution in [0.4, 0.5) is 0 Å². The van der Waals surface area contributed by atoms with Crippen molar-refractivity contribution in [2.45, 2.75) is 38.4 Å². The summed E-state index contributed by atoms with van der Waals surface area (Å²) in [5.41, 5.74) is 0. The average molecular weight is 320 g/mol. The lowest BCUT2D eigenvalue weighted by molar-refractivity contribution is -0.123. The fourth-order valence-corrected chi connectivity index (χ4v) is 3.90. The van der Waals surface area contributed by atoms with E-state index in [4.69, 9.17) is 0 Å². The molecule has 1 amide bonds. The first-order chi connectivity index (χ1) is 10.2. The maximum Gasteiger partial charge on any atom is 0.234 e. The summed E-state index contributed by atoms with van der Waals surface area (Å²) in [6, 6.07) is 9.00. The highest BCUT2D eigenvalue weighted by molar-refractivity contribution is 7.10. The topological polar surface area (TPSA) is 32.3 Å². The Morgan fingerprint density at radius 2 is 2.10 bits per heavy atom. The van der Waals surface area contributed by atoms with Gasteiger partial charge in [-0.2, -0.15) is 0 Å². The zero-order chi connectivity index (χ0) is 14.7. The molecule has 1 saturated carbocycles. The van der Waals surface area contributed by atoms with Gasteiger partial charge in [-0.15, -0.1) is 22.7 Å². The van der Waals surface area contributed by atoms with Gasteiger partial charge in [-0.3, -0.25) is 9.69 Å². The minimum absolute atomic E-state index is 0.0975. The Morgan fingerprint density at radius 3 is 2.71 bits per heavy atom. The van der Waals surface area contributed by atoms with Crippen molar-refractivity contribution in [1.29, 1.82) is 0 Å². The largest absolute Gasteiger partial charge is 0.348 e. The lowest BCUT2D eigenvalue weighted by Crippen LogP contribution is -2.38. The number of rotatable bonds is 7. The third-order valence-electron chi connectivity index (χ3n) is 3.70. The van der Waals surface area contributed by atoms with Crippen LogP contribution < -0.4 is 5.32 Å². The van der Waals surface area contributed by atoms with Crippen LogP contribution in [0.1, 0.15) is 35.6 Å². The summed E-state index contributed by atoms with van der Waals surface area (Å²) in [7, 11) is 0. The van der Waals surface area contributed by atoms with Crippen molar-refractivity contribution in [2.24, 2.45) is 0 Å². The van der Waals surface area contributed by atoms with Crippen LogP contribution in [-0.4, -0.2) is 23.4 Å². The zero-order valence-electron chi connectivity index (χ0n) is 12.1. The van der Waals surface area contributed by atoms with Gasteiger partial charge in [0, 0.05) is 22.3 Å². The normalized spacial score (nSPS) is 16.1. The molecule has 0 aliphatic heterocycles. The average Bonchev–Trinajstić information content (AvgIpc) is 2.94. The predicted molar refractivity (Wildman–Crippen MR) is 88.6 cm³/mol. The van der Waals surface area contributed by atoms with Gasteiger partial charge in [0.25, 0.3) is 0 Å². The summed E-state index contributed by atoms with van der Waals surface area (Å²) < 4.78 is 0. The molecule has 112 valence electrons. The van der Waals surface area contributed by atoms with Gasteiger partial charge in [0.2, 0.25) is 5.91 Å². The zero-order valence-corrected chi connectivity index (χ0v) is 13.8. The summed E-state index contributed by atoms with van der Waals surface area (Å²) in [4.78, 5) is 17.1. The first-order valence-electron chi connectivity index (χ1n) is 7.31. The number of carbonyl (C=O) groups excluding carboxylic acids is 1. The van der Waals surface area contributed by atoms with Gasteiger partial charge in [-0.05, 0) is 42.7 Å². The van der Waals surface area contributed by atoms with Crippen molar-refractivity contribution < 1.29 is 4.79 Å². The standard InChI is InChI=1S/C16H20N2OS2/c1-12(15-5-3-9-21-15)17-16(19)11-18(13-6-7-13)10-14-4-2-8-20-14/h2-5,8-9,12-13H,6-7,10-11H2,1H3,(H,17,19). The van der Waals surface area contributed by atoms with Crippen LogP contribution >= 0.6 is 22.7 Å². The minimum atomic E-state index is 0.0975. The molecule has 3 rings (SSSR count). The second-order valence-corrected chi connectivity index (χ2v) is 7.53. The number of amides is 1. The molecular weight excluding hydrogens is 300 g/mol. The lowest BCUT2D eigenvalue weighted by Gasteiger charge is -2.22. The fraction of sp³-hybridized carbons (Fsp3) is 0.438. The van der Waals surface area contributed by atoms with Crippen LogP contribution in [0.5, 0.6) is 0 Å². The molecule has 3 nitrogen and oxygen atoms in total. The molecule has 0 radical (unpaired) electrons. The summed E-state index contributed by atoms with van der Waals surface area (Å²) in [5.74, 6) is 0.124. The van der Waals surface area contributed by atoms with Crippen LogP contribution in [-0.2, 0) is 11.3 Å². The third-order valence-corrected chi connectivity index (χ3v) is 5.61. The van der Waals surface area contributed by atoms with E-state index in [9.17, 15) is 4.79 Å². The third kappa shape index (κ3) is 4.15. The molecule has 2 heterocycles. The Bertz CT molecular complexity index is 561. The van der Waals surface area contributed by atoms with Crippen molar-refractivity contribution in [1.82, 2.24) is 10.2 Å². The van der Waals surface area contributed by atoms with E-state index in [1.165, 1.54) is 22.6 Å². The van der Waals surface area contributed by atoms with Crippen molar-refractivity contribution in [3.63, 3.8) is 0 Å². The van der Waals surface area contributed by atoms with E-state index in [0.717, 1.165) is 6.54 Å². The number of nitrogens with zero attached hydrogens (tertiary/aromatic N) is 1. The second-order valence-electron chi connectivity index (χ2n) is 5.52. The number of hydrogen-bond acceptors (Lipinski definition) is 4. The van der Waals surface area contributed by atoms with Gasteiger partial charge < -0.3 is 5.32 Å². The Hall–Kier alpha value is -1.17. The summed E-state index contributed by atoms with van der Waals surface area (Å²) in [6.07, 6.45) is 2.44. The highest BCUT2D eigenvalue weighted by Crippen LogP contribution is 2.29. The maximum absolute atomic E-state index is 12.3. The molecule has 1 unspecified atom stereocenters. The van der Waals surface area contributed by atoms with E-state index in [1.54, 1.807) is 22.7 Å². The molecule has 0 bridgehead atoms. The Morgan fingerprint density at radius 1 is 1.33 bits per heavy atom. The molecule has 0 aromatic carbocycles. The lowest BCUT2D eigenvalue weighted by atomic mass is 10.2. The Kier molecular flexibility index (Phi) is 4.73. The molecule has 2 aromatic heterocycles. The van der Waals surface area contributed by atoms with E-state index in [2.05, 4.69) is 33.8 Å². The second kappa shape index (κ2) is 6.73. The highest BCUT2D eigenvalue weighted by atomic mass is 32.1. The smallest absolute Gasteiger partial charge is 0.234 e. The number of nitrogens with one attached hydrogen (secondary N) is 1. The van der Waals surface area contributed by atoms with E-state index in [1.807, 2.05) is 18.4 Å². The van der Waals surface area contributed by atoms with Crippen LogP contribution in [0.3, 0.4) is 0 Å². The van der Waals surface area contributed by atoms with Gasteiger partial charge in [0.1, 0.15) is 0 Å². The van der Waals surface area contributed by atoms with Gasteiger partial charge in [-0.1, -0.05) is 12.1 Å². The van der Waals surface area contributed by atoms with Crippen LogP contribution in [0.15, 0.2) is 35.0 Å². The summed E-state index contributed by atoms with van der Waals surface area (Å²) in [6.45, 7) is 3.44. The SMILES string of the molecule is CC(NC(=O)CN(Cc1cccs1)C1CC1)c1cccs1. The van der Waals surface area contributed by atoms with Crippen molar-refractivity contribution >= 4 is 28.6 Å². The van der Waals surface area contributed by atoms with E-state index < -0.39 is 0 Å². The molecule has 1 aliphatic rings. The molecular formula is C16H20N2OS2. The highest BCUT2D eigenvalue weighted by Gasteiger charge is 2.30. The van der Waals surface area contributed by atoms with Gasteiger partial charge in [-0.25, -0.2) is 0 Å². The molecule has 21 heavy (non-hydrogen) atoms. The van der Waals surface area contributed by atoms with Crippen LogP contribution in [0.2, 0.25) is 0 Å². The van der Waals surface area contributed by atoms with Crippen molar-refractivity contribution in [3.05, 3.63) is 44.8 Å². The predicted octanol–water partition coefficient (Wildman–Crippen LogP) is 3.65. The molecule has 1 fully saturated rings. The van der Waals surface area contributed by atoms with Gasteiger partial charge in [0.15, 0.2) is 0 Å². The Balaban J connectivity index is 1.54. The number of hydrogen-bond donors (Lipinski definition) is 1. The quantitative estimate of drug-likeness (QED) is 0.844. The first-order valence-corrected chi connectivity index (χ1v) is 9.07. The molecule has 1 atom stereocenters. The van der Waals surface area contributed by atoms with Crippen molar-refractivity contribution in [2.75, 3.05) is 6.54 Å². The number of carbonyl (C=O) groups is 1. The number of thiophene rings is 2. The van der Waals surface area contributed by atoms with Gasteiger partial charge in [0.05, 0.1) is 12.6 Å². The molecule has 0 spiro atoms. The Labute approximate surface area is 133 Å². The van der Waals surface area contributed by atoms with E-state index in [-0.39, 0.29) is 11.9 Å². The van der Waals surface area contributed by atoms with E-state index in [0.29, 0.717) is 12.6 Å². The maximum atomic E-state index is 12.3. The molecule has 0 saturated heterocycles. The summed E-state index contributed by atoms with van der Waals surface area (Å²) >= 11 is 3.45. The first kappa shape index (κ1) is 14.8. The molecule has 2 aromatic rings. The van der Waals surface area contributed by atoms with Gasteiger partial charge >= 0.3 is 0 Å². The fourth-order valence-electron chi connectivity index (χ4n) is 2.44. The minimum Gasteiger partial charge on any atom is -0.348 e. The molecule has 1 N–H and O–H groups in total. The van der Waals surface area contributed by atoms with Crippen LogP contribution in [0, 0.1) is 0 Å². The molecule has 1 aliphatic carbocycles. The molecule has 5 heteroatoms. The van der Waals surface area contributed by atoms with Crippen molar-refractivity contribution in [3.8, 4) is 0 Å². The summed E-state index contributed by atoms with van der Waals surface area (Å²) in [5, 5.41) is 7.25. The monoisotopic (exact) mass is 320 g/mol.